The van der Waals surface area contributed by atoms with E-state index in [1.54, 1.807) is 0 Å². The summed E-state index contributed by atoms with van der Waals surface area (Å²) >= 11 is 0. The van der Waals surface area contributed by atoms with Crippen molar-refractivity contribution in [3.63, 3.8) is 0 Å². The highest BCUT2D eigenvalue weighted by atomic mass is 16.3. The van der Waals surface area contributed by atoms with Crippen molar-refractivity contribution in [1.29, 1.82) is 0 Å². The fourth-order valence-corrected chi connectivity index (χ4v) is 4.47. The van der Waals surface area contributed by atoms with E-state index in [4.69, 9.17) is 0 Å². The van der Waals surface area contributed by atoms with Crippen LogP contribution in [0.4, 0.5) is 0 Å². The predicted molar refractivity (Wildman–Crippen MR) is 73.5 cm³/mol. The van der Waals surface area contributed by atoms with Gasteiger partial charge in [-0.3, -0.25) is 4.79 Å². The number of aliphatic hydroxyl groups excluding tert-OH is 1. The van der Waals surface area contributed by atoms with Crippen molar-refractivity contribution >= 4 is 5.91 Å². The molecule has 5 atom stereocenters. The zero-order valence-electron chi connectivity index (χ0n) is 11.8. The van der Waals surface area contributed by atoms with Crippen LogP contribution in [0.15, 0.2) is 0 Å². The molecule has 0 spiro atoms. The van der Waals surface area contributed by atoms with Crippen LogP contribution in [0.3, 0.4) is 0 Å². The molecule has 1 heterocycles. The summed E-state index contributed by atoms with van der Waals surface area (Å²) in [4.78, 5) is 12.6. The third kappa shape index (κ3) is 2.29. The summed E-state index contributed by atoms with van der Waals surface area (Å²) in [6.07, 6.45) is 5.70. The zero-order chi connectivity index (χ0) is 13.5. The Hall–Kier alpha value is -0.610. The van der Waals surface area contributed by atoms with Crippen molar-refractivity contribution in [2.24, 2.45) is 23.2 Å². The molecule has 1 aliphatic heterocycles. The Bertz CT molecular complexity index is 352. The lowest BCUT2D eigenvalue weighted by Crippen LogP contribution is -2.54. The first-order chi connectivity index (χ1) is 9.14. The van der Waals surface area contributed by atoms with Gasteiger partial charge in [0.2, 0.25) is 5.91 Å². The van der Waals surface area contributed by atoms with Crippen LogP contribution >= 0.6 is 0 Å². The molecule has 5 unspecified atom stereocenters. The van der Waals surface area contributed by atoms with Gasteiger partial charge in [-0.15, -0.1) is 0 Å². The largest absolute Gasteiger partial charge is 0.396 e. The second-order valence-corrected chi connectivity index (χ2v) is 7.02. The maximum absolute atomic E-state index is 12.6. The van der Waals surface area contributed by atoms with E-state index in [1.165, 1.54) is 19.3 Å². The van der Waals surface area contributed by atoms with E-state index in [1.807, 2.05) is 0 Å². The fourth-order valence-electron chi connectivity index (χ4n) is 4.47. The van der Waals surface area contributed by atoms with E-state index in [0.717, 1.165) is 25.9 Å². The van der Waals surface area contributed by atoms with Gasteiger partial charge in [-0.05, 0) is 57.4 Å². The van der Waals surface area contributed by atoms with E-state index in [-0.39, 0.29) is 24.0 Å². The normalized spacial score (nSPS) is 45.4. The summed E-state index contributed by atoms with van der Waals surface area (Å²) in [5.74, 6) is 1.72. The van der Waals surface area contributed by atoms with Gasteiger partial charge in [0.25, 0.3) is 0 Å². The predicted octanol–water partition coefficient (Wildman–Crippen LogP) is 0.899. The van der Waals surface area contributed by atoms with Crippen LogP contribution in [-0.2, 0) is 4.79 Å². The summed E-state index contributed by atoms with van der Waals surface area (Å²) in [7, 11) is 0. The molecule has 3 fully saturated rings. The van der Waals surface area contributed by atoms with Gasteiger partial charge in [0.15, 0.2) is 0 Å². The van der Waals surface area contributed by atoms with Gasteiger partial charge in [0, 0.05) is 25.1 Å². The van der Waals surface area contributed by atoms with E-state index in [0.29, 0.717) is 17.8 Å². The minimum Gasteiger partial charge on any atom is -0.396 e. The molecule has 0 aromatic heterocycles. The number of hydrogen-bond donors (Lipinski definition) is 3. The van der Waals surface area contributed by atoms with E-state index < -0.39 is 0 Å². The summed E-state index contributed by atoms with van der Waals surface area (Å²) in [5, 5.41) is 16.2. The Labute approximate surface area is 115 Å². The summed E-state index contributed by atoms with van der Waals surface area (Å²) in [6, 6.07) is 0.218. The molecule has 3 rings (SSSR count). The number of carbonyl (C=O) groups excluding carboxylic acids is 1. The molecule has 108 valence electrons. The molecule has 0 aromatic rings. The fraction of sp³-hybridized carbons (Fsp3) is 0.933. The topological polar surface area (TPSA) is 61.4 Å². The van der Waals surface area contributed by atoms with Crippen LogP contribution in [0.2, 0.25) is 0 Å². The number of rotatable bonds is 3. The highest BCUT2D eigenvalue weighted by molar-refractivity contribution is 5.83. The minimum atomic E-state index is -0.264. The first kappa shape index (κ1) is 13.4. The van der Waals surface area contributed by atoms with Crippen molar-refractivity contribution in [3.05, 3.63) is 0 Å². The molecule has 0 radical (unpaired) electrons. The minimum absolute atomic E-state index is 0.190. The maximum atomic E-state index is 12.6. The number of nitrogens with one attached hydrogen (secondary N) is 2. The van der Waals surface area contributed by atoms with Crippen LogP contribution in [0.1, 0.15) is 39.0 Å². The standard InChI is InChI=1S/C15H26N2O2/c1-15(5-2-6-16-9-15)14(19)17-13-11-4-3-10(7-11)12(13)8-18/h10-13,16,18H,2-9H2,1H3,(H,17,19). The third-order valence-electron chi connectivity index (χ3n) is 5.74. The van der Waals surface area contributed by atoms with Crippen molar-refractivity contribution in [2.45, 2.75) is 45.1 Å². The number of fused-ring (bicyclic) bond motifs is 2. The van der Waals surface area contributed by atoms with Crippen LogP contribution in [0.25, 0.3) is 0 Å². The smallest absolute Gasteiger partial charge is 0.227 e. The molecule has 0 aromatic carbocycles. The Morgan fingerprint density at radius 2 is 2.21 bits per heavy atom. The van der Waals surface area contributed by atoms with Crippen molar-refractivity contribution in [3.8, 4) is 0 Å². The molecular weight excluding hydrogens is 240 g/mol. The number of aliphatic hydroxyl groups is 1. The van der Waals surface area contributed by atoms with E-state index in [2.05, 4.69) is 17.6 Å². The van der Waals surface area contributed by atoms with Gasteiger partial charge in [0.05, 0.1) is 5.41 Å². The maximum Gasteiger partial charge on any atom is 0.227 e. The number of amides is 1. The van der Waals surface area contributed by atoms with Crippen molar-refractivity contribution < 1.29 is 9.90 Å². The van der Waals surface area contributed by atoms with Crippen LogP contribution < -0.4 is 10.6 Å². The average molecular weight is 266 g/mol. The first-order valence-corrected chi connectivity index (χ1v) is 7.76. The molecule has 1 saturated heterocycles. The van der Waals surface area contributed by atoms with Gasteiger partial charge in [-0.2, -0.15) is 0 Å². The molecule has 4 nitrogen and oxygen atoms in total. The average Bonchev–Trinajstić information content (AvgIpc) is 3.00. The SMILES string of the molecule is CC1(C(=O)NC2C3CCC(C3)C2CO)CCCNC1. The van der Waals surface area contributed by atoms with Crippen LogP contribution in [0.5, 0.6) is 0 Å². The van der Waals surface area contributed by atoms with Gasteiger partial charge < -0.3 is 15.7 Å². The molecule has 1 amide bonds. The molecule has 2 aliphatic carbocycles. The van der Waals surface area contributed by atoms with E-state index >= 15 is 0 Å². The highest BCUT2D eigenvalue weighted by Crippen LogP contribution is 2.48. The third-order valence-corrected chi connectivity index (χ3v) is 5.74. The number of carbonyl (C=O) groups is 1. The Morgan fingerprint density at radius 1 is 1.42 bits per heavy atom. The quantitative estimate of drug-likeness (QED) is 0.711. The van der Waals surface area contributed by atoms with Crippen LogP contribution in [-0.4, -0.2) is 36.8 Å². The summed E-state index contributed by atoms with van der Waals surface area (Å²) in [6.45, 7) is 4.09. The highest BCUT2D eigenvalue weighted by Gasteiger charge is 2.49. The lowest BCUT2D eigenvalue weighted by atomic mass is 9.80. The summed E-state index contributed by atoms with van der Waals surface area (Å²) < 4.78 is 0. The lowest BCUT2D eigenvalue weighted by molar-refractivity contribution is -0.132. The Balaban J connectivity index is 1.65. The molecule has 2 saturated carbocycles. The molecule has 4 heteroatoms. The number of piperidine rings is 1. The summed E-state index contributed by atoms with van der Waals surface area (Å²) in [5.41, 5.74) is -0.264. The zero-order valence-corrected chi connectivity index (χ0v) is 11.8. The van der Waals surface area contributed by atoms with Gasteiger partial charge in [-0.1, -0.05) is 0 Å². The second kappa shape index (κ2) is 5.06. The number of hydrogen-bond acceptors (Lipinski definition) is 3. The van der Waals surface area contributed by atoms with Gasteiger partial charge in [-0.25, -0.2) is 0 Å². The molecular formula is C15H26N2O2. The Morgan fingerprint density at radius 3 is 2.89 bits per heavy atom. The second-order valence-electron chi connectivity index (χ2n) is 7.02. The monoisotopic (exact) mass is 266 g/mol. The van der Waals surface area contributed by atoms with Crippen LogP contribution in [0, 0.1) is 23.2 Å². The molecule has 2 bridgehead atoms. The Kier molecular flexibility index (Phi) is 3.56. The first-order valence-electron chi connectivity index (χ1n) is 7.76. The van der Waals surface area contributed by atoms with Crippen molar-refractivity contribution in [2.75, 3.05) is 19.7 Å². The van der Waals surface area contributed by atoms with E-state index in [9.17, 15) is 9.90 Å². The van der Waals surface area contributed by atoms with Gasteiger partial charge >= 0.3 is 0 Å². The molecule has 19 heavy (non-hydrogen) atoms. The molecule has 3 aliphatic rings. The molecule has 3 N–H and O–H groups in total. The van der Waals surface area contributed by atoms with Crippen molar-refractivity contribution in [1.82, 2.24) is 10.6 Å². The lowest BCUT2D eigenvalue weighted by Gasteiger charge is -2.37. The van der Waals surface area contributed by atoms with Gasteiger partial charge in [0.1, 0.15) is 0 Å².